The Balaban J connectivity index is 3.15. The molecule has 1 unspecified atom stereocenters. The molecule has 0 aromatic heterocycles. The lowest BCUT2D eigenvalue weighted by Crippen LogP contribution is -2.17. The molecule has 0 spiro atoms. The molecular weight excluding hydrogens is 340 g/mol. The van der Waals surface area contributed by atoms with Crippen molar-refractivity contribution >= 4 is 20.9 Å². The van der Waals surface area contributed by atoms with Crippen LogP contribution in [0.25, 0.3) is 10.8 Å². The highest BCUT2D eigenvalue weighted by molar-refractivity contribution is 7.86. The van der Waals surface area contributed by atoms with Gasteiger partial charge in [0.05, 0.1) is 6.61 Å². The van der Waals surface area contributed by atoms with Gasteiger partial charge in [-0.15, -0.1) is 0 Å². The number of fused-ring (bicyclic) bond motifs is 1. The maximum atomic E-state index is 12.3. The molecule has 0 radical (unpaired) electrons. The Morgan fingerprint density at radius 1 is 0.960 bits per heavy atom. The van der Waals surface area contributed by atoms with Gasteiger partial charge in [0.1, 0.15) is 11.0 Å². The van der Waals surface area contributed by atoms with Crippen molar-refractivity contribution in [2.24, 2.45) is 0 Å². The molecule has 2 aromatic carbocycles. The fourth-order valence-electron chi connectivity index (χ4n) is 3.53. The van der Waals surface area contributed by atoms with Gasteiger partial charge in [-0.1, -0.05) is 52.0 Å². The van der Waals surface area contributed by atoms with Crippen molar-refractivity contribution in [2.75, 3.05) is 13.7 Å². The van der Waals surface area contributed by atoms with Gasteiger partial charge in [0.2, 0.25) is 0 Å². The summed E-state index contributed by atoms with van der Waals surface area (Å²) in [5.41, 5.74) is 1.64. The highest BCUT2D eigenvalue weighted by Crippen LogP contribution is 2.43. The Kier molecular flexibility index (Phi) is 5.89. The van der Waals surface area contributed by atoms with Gasteiger partial charge in [-0.25, -0.2) is 0 Å². The van der Waals surface area contributed by atoms with Crippen LogP contribution in [-0.2, 0) is 14.9 Å². The number of aliphatic hydroxyl groups excluding tert-OH is 1. The molecule has 1 atom stereocenters. The lowest BCUT2D eigenvalue weighted by atomic mass is 9.83. The predicted molar refractivity (Wildman–Crippen MR) is 98.8 cm³/mol. The standard InChI is InChI=1S/C19H26O5S/c1-11(2)16-13-8-6-7-9-14(13)18(15(20)10-24-5)19(25(21,22)23)17(16)12(3)4/h6-9,11-12,15,20H,10H2,1-5H3,(H,21,22,23). The molecule has 138 valence electrons. The van der Waals surface area contributed by atoms with Crippen molar-refractivity contribution in [2.45, 2.75) is 50.5 Å². The first kappa shape index (κ1) is 19.8. The summed E-state index contributed by atoms with van der Waals surface area (Å²) in [5.74, 6) is -0.0937. The van der Waals surface area contributed by atoms with Gasteiger partial charge in [0, 0.05) is 12.7 Å². The third kappa shape index (κ3) is 3.72. The van der Waals surface area contributed by atoms with E-state index in [2.05, 4.69) is 0 Å². The van der Waals surface area contributed by atoms with Gasteiger partial charge in [-0.2, -0.15) is 8.42 Å². The Labute approximate surface area is 149 Å². The lowest BCUT2D eigenvalue weighted by molar-refractivity contribution is 0.0634. The number of hydrogen-bond donors (Lipinski definition) is 2. The molecule has 0 fully saturated rings. The van der Waals surface area contributed by atoms with E-state index >= 15 is 0 Å². The topological polar surface area (TPSA) is 83.8 Å². The van der Waals surface area contributed by atoms with E-state index in [9.17, 15) is 18.1 Å². The second-order valence-corrected chi connectivity index (χ2v) is 8.23. The first-order valence-corrected chi connectivity index (χ1v) is 9.78. The summed E-state index contributed by atoms with van der Waals surface area (Å²) >= 11 is 0. The van der Waals surface area contributed by atoms with Gasteiger partial charge in [0.15, 0.2) is 0 Å². The first-order chi connectivity index (χ1) is 11.6. The maximum Gasteiger partial charge on any atom is 0.295 e. The molecule has 2 rings (SSSR count). The molecule has 0 bridgehead atoms. The molecule has 2 N–H and O–H groups in total. The molecule has 0 saturated heterocycles. The number of benzene rings is 2. The Morgan fingerprint density at radius 3 is 1.84 bits per heavy atom. The zero-order chi connectivity index (χ0) is 18.9. The molecule has 0 aliphatic rings. The third-order valence-electron chi connectivity index (χ3n) is 4.36. The van der Waals surface area contributed by atoms with Crippen LogP contribution >= 0.6 is 0 Å². The summed E-state index contributed by atoms with van der Waals surface area (Å²) in [4.78, 5) is -0.186. The highest BCUT2D eigenvalue weighted by atomic mass is 32.2. The normalized spacial score (nSPS) is 13.8. The molecule has 0 aliphatic carbocycles. The molecule has 2 aromatic rings. The van der Waals surface area contributed by atoms with E-state index in [0.29, 0.717) is 10.9 Å². The fourth-order valence-corrected chi connectivity index (χ4v) is 4.68. The lowest BCUT2D eigenvalue weighted by Gasteiger charge is -2.26. The fraction of sp³-hybridized carbons (Fsp3) is 0.474. The van der Waals surface area contributed by atoms with Crippen LogP contribution in [0.3, 0.4) is 0 Å². The molecule has 0 aliphatic heterocycles. The van der Waals surface area contributed by atoms with Crippen molar-refractivity contribution < 1.29 is 22.8 Å². The number of methoxy groups -OCH3 is 1. The highest BCUT2D eigenvalue weighted by Gasteiger charge is 2.31. The second kappa shape index (κ2) is 7.41. The molecule has 6 heteroatoms. The number of ether oxygens (including phenoxy) is 1. The van der Waals surface area contributed by atoms with Gasteiger partial charge in [-0.3, -0.25) is 4.55 Å². The SMILES string of the molecule is COCC(O)c1c(S(=O)(=O)O)c(C(C)C)c(C(C)C)c2ccccc12. The van der Waals surface area contributed by atoms with Gasteiger partial charge >= 0.3 is 0 Å². The van der Waals surface area contributed by atoms with Crippen molar-refractivity contribution in [1.82, 2.24) is 0 Å². The minimum absolute atomic E-state index is 0.0522. The van der Waals surface area contributed by atoms with Gasteiger partial charge in [-0.05, 0) is 33.7 Å². The molecule has 25 heavy (non-hydrogen) atoms. The zero-order valence-electron chi connectivity index (χ0n) is 15.3. The quantitative estimate of drug-likeness (QED) is 0.755. The summed E-state index contributed by atoms with van der Waals surface area (Å²) in [6, 6.07) is 7.37. The van der Waals surface area contributed by atoms with Gasteiger partial charge < -0.3 is 9.84 Å². The van der Waals surface area contributed by atoms with Crippen LogP contribution in [0.4, 0.5) is 0 Å². The summed E-state index contributed by atoms with van der Waals surface area (Å²) in [6.45, 7) is 7.69. The third-order valence-corrected chi connectivity index (χ3v) is 5.31. The molecular formula is C19H26O5S. The van der Waals surface area contributed by atoms with Crippen LogP contribution in [0.15, 0.2) is 29.2 Å². The average Bonchev–Trinajstić information content (AvgIpc) is 2.51. The average molecular weight is 366 g/mol. The maximum absolute atomic E-state index is 12.3. The minimum atomic E-state index is -4.54. The van der Waals surface area contributed by atoms with Crippen LogP contribution in [0.1, 0.15) is 62.3 Å². The first-order valence-electron chi connectivity index (χ1n) is 8.34. The van der Waals surface area contributed by atoms with E-state index in [1.165, 1.54) is 7.11 Å². The molecule has 0 amide bonds. The van der Waals surface area contributed by atoms with Crippen LogP contribution in [0, 0.1) is 0 Å². The molecule has 5 nitrogen and oxygen atoms in total. The predicted octanol–water partition coefficient (Wildman–Crippen LogP) is 4.01. The number of rotatable bonds is 6. The van der Waals surface area contributed by atoms with Crippen LogP contribution in [-0.4, -0.2) is 31.8 Å². The number of aliphatic hydroxyl groups is 1. The van der Waals surface area contributed by atoms with Crippen molar-refractivity contribution in [3.05, 3.63) is 41.0 Å². The zero-order valence-corrected chi connectivity index (χ0v) is 16.1. The Hall–Kier alpha value is -1.47. The van der Waals surface area contributed by atoms with Crippen LogP contribution in [0.2, 0.25) is 0 Å². The summed E-state index contributed by atoms with van der Waals surface area (Å²) in [7, 11) is -3.10. The van der Waals surface area contributed by atoms with E-state index in [1.807, 2.05) is 39.8 Å². The summed E-state index contributed by atoms with van der Waals surface area (Å²) < 4.78 is 39.6. The van der Waals surface area contributed by atoms with E-state index in [1.54, 1.807) is 12.1 Å². The van der Waals surface area contributed by atoms with E-state index < -0.39 is 16.2 Å². The van der Waals surface area contributed by atoms with E-state index in [-0.39, 0.29) is 28.9 Å². The van der Waals surface area contributed by atoms with Crippen molar-refractivity contribution in [3.63, 3.8) is 0 Å². The largest absolute Gasteiger partial charge is 0.386 e. The minimum Gasteiger partial charge on any atom is -0.386 e. The van der Waals surface area contributed by atoms with E-state index in [4.69, 9.17) is 4.74 Å². The van der Waals surface area contributed by atoms with Crippen molar-refractivity contribution in [3.8, 4) is 0 Å². The van der Waals surface area contributed by atoms with Gasteiger partial charge in [0.25, 0.3) is 10.1 Å². The van der Waals surface area contributed by atoms with Crippen LogP contribution < -0.4 is 0 Å². The van der Waals surface area contributed by atoms with Crippen LogP contribution in [0.5, 0.6) is 0 Å². The van der Waals surface area contributed by atoms with Crippen molar-refractivity contribution in [1.29, 1.82) is 0 Å². The monoisotopic (exact) mass is 366 g/mol. The summed E-state index contributed by atoms with van der Waals surface area (Å²) in [5, 5.41) is 12.1. The smallest absolute Gasteiger partial charge is 0.295 e. The Morgan fingerprint density at radius 2 is 1.44 bits per heavy atom. The Bertz CT molecular complexity index is 869. The van der Waals surface area contributed by atoms with E-state index in [0.717, 1.165) is 10.9 Å². The summed E-state index contributed by atoms with van der Waals surface area (Å²) in [6.07, 6.45) is -1.16. The molecule has 0 heterocycles. The second-order valence-electron chi connectivity index (χ2n) is 6.87. The molecule has 0 saturated carbocycles. The number of hydrogen-bond acceptors (Lipinski definition) is 4.